The van der Waals surface area contributed by atoms with E-state index >= 15 is 0 Å². The average molecular weight is 450 g/mol. The topological polar surface area (TPSA) is 71.3 Å². The standard InChI is InChI=1S/C24H24ClN5O2/c1-15-13-17(6-7-19(15)25)23(31)28-10-8-21-18(14-28)22-24(32)29(11-12-30(22)27-21)16(2)20-5-3-4-9-26-20/h3-7,9,13,16H,8,10-12,14H2,1-2H3. The van der Waals surface area contributed by atoms with Gasteiger partial charge in [-0.1, -0.05) is 17.7 Å². The number of hydrogen-bond donors (Lipinski definition) is 0. The van der Waals surface area contributed by atoms with Crippen molar-refractivity contribution in [1.82, 2.24) is 24.6 Å². The van der Waals surface area contributed by atoms with Gasteiger partial charge < -0.3 is 9.80 Å². The normalized spacial score (nSPS) is 16.5. The number of aromatic nitrogens is 3. The van der Waals surface area contributed by atoms with E-state index in [2.05, 4.69) is 4.98 Å². The van der Waals surface area contributed by atoms with Gasteiger partial charge in [0.1, 0.15) is 5.69 Å². The summed E-state index contributed by atoms with van der Waals surface area (Å²) in [4.78, 5) is 34.7. The van der Waals surface area contributed by atoms with E-state index in [1.165, 1.54) is 0 Å². The van der Waals surface area contributed by atoms with Crippen molar-refractivity contribution in [1.29, 1.82) is 0 Å². The van der Waals surface area contributed by atoms with E-state index in [0.29, 0.717) is 48.9 Å². The highest BCUT2D eigenvalue weighted by molar-refractivity contribution is 6.31. The second kappa shape index (κ2) is 8.06. The lowest BCUT2D eigenvalue weighted by Crippen LogP contribution is -2.43. The summed E-state index contributed by atoms with van der Waals surface area (Å²) in [5, 5.41) is 5.34. The number of carbonyl (C=O) groups excluding carboxylic acids is 2. The molecule has 7 nitrogen and oxygen atoms in total. The van der Waals surface area contributed by atoms with Gasteiger partial charge in [0.2, 0.25) is 0 Å². The summed E-state index contributed by atoms with van der Waals surface area (Å²) in [5.74, 6) is -0.114. The Labute approximate surface area is 191 Å². The zero-order valence-corrected chi connectivity index (χ0v) is 18.8. The molecule has 4 heterocycles. The van der Waals surface area contributed by atoms with E-state index in [4.69, 9.17) is 16.7 Å². The van der Waals surface area contributed by atoms with Crippen molar-refractivity contribution >= 4 is 23.4 Å². The molecule has 0 saturated carbocycles. The van der Waals surface area contributed by atoms with Gasteiger partial charge in [0, 0.05) is 41.9 Å². The minimum atomic E-state index is -0.138. The zero-order chi connectivity index (χ0) is 22.4. The van der Waals surface area contributed by atoms with Crippen molar-refractivity contribution in [3.8, 4) is 0 Å². The number of carbonyl (C=O) groups is 2. The summed E-state index contributed by atoms with van der Waals surface area (Å²) in [6.45, 7) is 6.05. The van der Waals surface area contributed by atoms with E-state index < -0.39 is 0 Å². The van der Waals surface area contributed by atoms with Gasteiger partial charge in [0.05, 0.1) is 30.5 Å². The van der Waals surface area contributed by atoms with Crippen LogP contribution in [0.1, 0.15) is 56.3 Å². The van der Waals surface area contributed by atoms with Crippen molar-refractivity contribution < 1.29 is 9.59 Å². The highest BCUT2D eigenvalue weighted by Crippen LogP contribution is 2.30. The SMILES string of the molecule is Cc1cc(C(=O)N2CCc3nn4c(c3C2)C(=O)N(C(C)c2ccccn2)CC4)ccc1Cl. The first-order chi connectivity index (χ1) is 15.4. The van der Waals surface area contributed by atoms with Gasteiger partial charge in [-0.3, -0.25) is 19.3 Å². The number of rotatable bonds is 3. The van der Waals surface area contributed by atoms with Crippen LogP contribution in [0.2, 0.25) is 5.02 Å². The minimum Gasteiger partial charge on any atom is -0.334 e. The fraction of sp³-hybridized carbons (Fsp3) is 0.333. The molecule has 0 saturated heterocycles. The smallest absolute Gasteiger partial charge is 0.273 e. The van der Waals surface area contributed by atoms with Crippen LogP contribution in [0.25, 0.3) is 0 Å². The molecule has 32 heavy (non-hydrogen) atoms. The third kappa shape index (κ3) is 3.46. The molecular weight excluding hydrogens is 426 g/mol. The Morgan fingerprint density at radius 1 is 1.16 bits per heavy atom. The van der Waals surface area contributed by atoms with Gasteiger partial charge in [-0.05, 0) is 49.7 Å². The average Bonchev–Trinajstić information content (AvgIpc) is 3.19. The molecule has 1 atom stereocenters. The van der Waals surface area contributed by atoms with E-state index in [9.17, 15) is 9.59 Å². The lowest BCUT2D eigenvalue weighted by atomic mass is 10.0. The highest BCUT2D eigenvalue weighted by Gasteiger charge is 2.36. The lowest BCUT2D eigenvalue weighted by molar-refractivity contribution is 0.0612. The molecule has 0 fully saturated rings. The number of hydrogen-bond acceptors (Lipinski definition) is 4. The molecule has 2 aliphatic heterocycles. The van der Waals surface area contributed by atoms with Crippen molar-refractivity contribution in [2.24, 2.45) is 0 Å². The maximum atomic E-state index is 13.5. The van der Waals surface area contributed by atoms with E-state index in [1.807, 2.05) is 47.7 Å². The van der Waals surface area contributed by atoms with Crippen molar-refractivity contribution in [3.63, 3.8) is 0 Å². The van der Waals surface area contributed by atoms with Crippen LogP contribution in [0.15, 0.2) is 42.6 Å². The van der Waals surface area contributed by atoms with Crippen molar-refractivity contribution in [3.05, 3.63) is 81.4 Å². The number of benzene rings is 1. The van der Waals surface area contributed by atoms with Gasteiger partial charge in [-0.25, -0.2) is 0 Å². The minimum absolute atomic E-state index is 0.0558. The fourth-order valence-corrected chi connectivity index (χ4v) is 4.67. The molecule has 164 valence electrons. The number of halogens is 1. The van der Waals surface area contributed by atoms with Crippen LogP contribution in [0.5, 0.6) is 0 Å². The lowest BCUT2D eigenvalue weighted by Gasteiger charge is -2.33. The molecule has 1 unspecified atom stereocenters. The summed E-state index contributed by atoms with van der Waals surface area (Å²) in [6.07, 6.45) is 2.38. The van der Waals surface area contributed by atoms with Gasteiger partial charge >= 0.3 is 0 Å². The van der Waals surface area contributed by atoms with Gasteiger partial charge in [0.15, 0.2) is 0 Å². The third-order valence-corrected chi connectivity index (χ3v) is 6.82. The third-order valence-electron chi connectivity index (χ3n) is 6.39. The second-order valence-corrected chi connectivity index (χ2v) is 8.77. The first-order valence-electron chi connectivity index (χ1n) is 10.8. The molecule has 2 aromatic heterocycles. The maximum Gasteiger partial charge on any atom is 0.273 e. The molecule has 0 aliphatic carbocycles. The van der Waals surface area contributed by atoms with Gasteiger partial charge in [-0.2, -0.15) is 5.10 Å². The first-order valence-corrected chi connectivity index (χ1v) is 11.2. The Balaban J connectivity index is 1.42. The van der Waals surface area contributed by atoms with Crippen LogP contribution in [0, 0.1) is 6.92 Å². The van der Waals surface area contributed by atoms with Crippen LogP contribution in [0.4, 0.5) is 0 Å². The molecule has 2 aliphatic rings. The number of amides is 2. The Bertz CT molecular complexity index is 1210. The summed E-state index contributed by atoms with van der Waals surface area (Å²) >= 11 is 6.12. The molecule has 3 aromatic rings. The molecule has 2 amide bonds. The summed E-state index contributed by atoms with van der Waals surface area (Å²) in [7, 11) is 0. The molecule has 5 rings (SSSR count). The summed E-state index contributed by atoms with van der Waals surface area (Å²) in [6, 6.07) is 10.9. The van der Waals surface area contributed by atoms with Crippen LogP contribution >= 0.6 is 11.6 Å². The monoisotopic (exact) mass is 449 g/mol. The number of fused-ring (bicyclic) bond motifs is 3. The van der Waals surface area contributed by atoms with Crippen molar-refractivity contribution in [2.45, 2.75) is 39.4 Å². The quantitative estimate of drug-likeness (QED) is 0.611. The van der Waals surface area contributed by atoms with Gasteiger partial charge in [-0.15, -0.1) is 0 Å². The molecule has 0 spiro atoms. The molecular formula is C24H24ClN5O2. The second-order valence-electron chi connectivity index (χ2n) is 8.37. The number of nitrogens with zero attached hydrogens (tertiary/aromatic N) is 5. The highest BCUT2D eigenvalue weighted by atomic mass is 35.5. The predicted octanol–water partition coefficient (Wildman–Crippen LogP) is 3.66. The summed E-state index contributed by atoms with van der Waals surface area (Å²) < 4.78 is 1.81. The van der Waals surface area contributed by atoms with Crippen LogP contribution in [-0.2, 0) is 19.5 Å². The number of pyridine rings is 1. The Morgan fingerprint density at radius 2 is 2.00 bits per heavy atom. The maximum absolute atomic E-state index is 13.5. The van der Waals surface area contributed by atoms with Crippen LogP contribution < -0.4 is 0 Å². The molecule has 0 radical (unpaired) electrons. The summed E-state index contributed by atoms with van der Waals surface area (Å²) in [5.41, 5.74) is 4.70. The number of aryl methyl sites for hydroxylation is 1. The Kier molecular flexibility index (Phi) is 5.21. The van der Waals surface area contributed by atoms with Crippen LogP contribution in [-0.4, -0.2) is 49.5 Å². The molecule has 0 bridgehead atoms. The predicted molar refractivity (Wildman–Crippen MR) is 121 cm³/mol. The van der Waals surface area contributed by atoms with E-state index in [0.717, 1.165) is 22.5 Å². The Morgan fingerprint density at radius 3 is 2.75 bits per heavy atom. The van der Waals surface area contributed by atoms with E-state index in [1.54, 1.807) is 23.2 Å². The molecule has 8 heteroatoms. The zero-order valence-electron chi connectivity index (χ0n) is 18.1. The van der Waals surface area contributed by atoms with Crippen molar-refractivity contribution in [2.75, 3.05) is 13.1 Å². The molecule has 0 N–H and O–H groups in total. The first kappa shape index (κ1) is 20.7. The van der Waals surface area contributed by atoms with E-state index in [-0.39, 0.29) is 17.9 Å². The molecule has 1 aromatic carbocycles. The fourth-order valence-electron chi connectivity index (χ4n) is 4.55. The van der Waals surface area contributed by atoms with Gasteiger partial charge in [0.25, 0.3) is 11.8 Å². The Hall–Kier alpha value is -3.19. The van der Waals surface area contributed by atoms with Crippen LogP contribution in [0.3, 0.4) is 0 Å². The largest absolute Gasteiger partial charge is 0.334 e.